The standard InChI is InChI=1S/C30H37N7O3/c1-2-26(38)33-23-7-9-30(10-8-23)11-13-37(14-12-30)29(39)34-22-5-3-21(4-6-22)25-19-24-27(35-25)31-20-32-28(24)36-15-17-40-18-16-36/h2-6,19-20,23H,1,7-18H2,(H,33,38)(H,34,39)(H,31,32,35). The van der Waals surface area contributed by atoms with Crippen LogP contribution in [0.3, 0.4) is 0 Å². The Morgan fingerprint density at radius 3 is 2.45 bits per heavy atom. The fraction of sp³-hybridized carbons (Fsp3) is 0.467. The molecule has 3 aliphatic rings. The number of fused-ring (bicyclic) bond motifs is 1. The first-order chi connectivity index (χ1) is 19.5. The van der Waals surface area contributed by atoms with Crippen molar-refractivity contribution in [1.29, 1.82) is 0 Å². The minimum Gasteiger partial charge on any atom is -0.378 e. The average molecular weight is 544 g/mol. The van der Waals surface area contributed by atoms with E-state index in [2.05, 4.69) is 43.1 Å². The van der Waals surface area contributed by atoms with Crippen LogP contribution in [0.1, 0.15) is 38.5 Å². The molecule has 1 spiro atoms. The van der Waals surface area contributed by atoms with Gasteiger partial charge >= 0.3 is 6.03 Å². The maximum absolute atomic E-state index is 13.0. The number of H-pyrrole nitrogens is 1. The molecule has 3 fully saturated rings. The van der Waals surface area contributed by atoms with Crippen molar-refractivity contribution in [1.82, 2.24) is 25.2 Å². The molecule has 3 aromatic rings. The lowest BCUT2D eigenvalue weighted by Gasteiger charge is -2.46. The Morgan fingerprint density at radius 2 is 1.75 bits per heavy atom. The fourth-order valence-electron chi connectivity index (χ4n) is 6.36. The van der Waals surface area contributed by atoms with Gasteiger partial charge in [0.25, 0.3) is 0 Å². The molecule has 0 atom stereocenters. The molecule has 1 aromatic carbocycles. The van der Waals surface area contributed by atoms with Gasteiger partial charge in [0.1, 0.15) is 17.8 Å². The number of urea groups is 1. The van der Waals surface area contributed by atoms with Crippen LogP contribution in [-0.4, -0.2) is 77.2 Å². The molecule has 0 unspecified atom stereocenters. The number of aromatic nitrogens is 3. The van der Waals surface area contributed by atoms with Crippen LogP contribution in [0.5, 0.6) is 0 Å². The van der Waals surface area contributed by atoms with Gasteiger partial charge in [-0.05, 0) is 73.8 Å². The monoisotopic (exact) mass is 543 g/mol. The largest absolute Gasteiger partial charge is 0.378 e. The fourth-order valence-corrected chi connectivity index (χ4v) is 6.36. The molecule has 3 amide bonds. The normalized spacial score (nSPS) is 19.5. The first-order valence-corrected chi connectivity index (χ1v) is 14.3. The Hall–Kier alpha value is -3.92. The molecule has 0 bridgehead atoms. The molecular formula is C30H37N7O3. The van der Waals surface area contributed by atoms with E-state index in [4.69, 9.17) is 4.74 Å². The summed E-state index contributed by atoms with van der Waals surface area (Å²) in [4.78, 5) is 41.2. The van der Waals surface area contributed by atoms with Crippen LogP contribution in [0.15, 0.2) is 49.3 Å². The smallest absolute Gasteiger partial charge is 0.321 e. The van der Waals surface area contributed by atoms with Crippen molar-refractivity contribution < 1.29 is 14.3 Å². The number of ether oxygens (including phenoxy) is 1. The van der Waals surface area contributed by atoms with Crippen molar-refractivity contribution in [2.45, 2.75) is 44.6 Å². The van der Waals surface area contributed by atoms with Crippen molar-refractivity contribution in [3.05, 3.63) is 49.3 Å². The summed E-state index contributed by atoms with van der Waals surface area (Å²) < 4.78 is 5.49. The Kier molecular flexibility index (Phi) is 7.42. The highest BCUT2D eigenvalue weighted by Crippen LogP contribution is 2.44. The molecule has 10 heteroatoms. The topological polar surface area (TPSA) is 115 Å². The summed E-state index contributed by atoms with van der Waals surface area (Å²) in [5, 5.41) is 7.11. The van der Waals surface area contributed by atoms with Crippen LogP contribution in [0.2, 0.25) is 0 Å². The highest BCUT2D eigenvalue weighted by molar-refractivity contribution is 5.93. The first kappa shape index (κ1) is 26.3. The van der Waals surface area contributed by atoms with E-state index in [9.17, 15) is 9.59 Å². The highest BCUT2D eigenvalue weighted by atomic mass is 16.5. The van der Waals surface area contributed by atoms with Crippen LogP contribution in [0.25, 0.3) is 22.3 Å². The number of nitrogens with zero attached hydrogens (tertiary/aromatic N) is 4. The molecule has 2 aliphatic heterocycles. The lowest BCUT2D eigenvalue weighted by molar-refractivity contribution is -0.117. The van der Waals surface area contributed by atoms with Crippen molar-refractivity contribution >= 4 is 34.5 Å². The SMILES string of the molecule is C=CC(=O)NC1CCC2(CC1)CCN(C(=O)Nc1ccc(-c3cc4c(N5CCOCC5)ncnc4[nH]3)cc1)CC2. The van der Waals surface area contributed by atoms with E-state index in [0.717, 1.165) is 98.5 Å². The molecule has 10 nitrogen and oxygen atoms in total. The number of carbonyl (C=O) groups is 2. The third-order valence-corrected chi connectivity index (χ3v) is 8.85. The molecule has 3 N–H and O–H groups in total. The van der Waals surface area contributed by atoms with E-state index >= 15 is 0 Å². The van der Waals surface area contributed by atoms with E-state index in [1.54, 1.807) is 6.33 Å². The Morgan fingerprint density at radius 1 is 1.02 bits per heavy atom. The third kappa shape index (κ3) is 5.54. The van der Waals surface area contributed by atoms with Crippen LogP contribution in [-0.2, 0) is 9.53 Å². The molecule has 2 saturated heterocycles. The van der Waals surface area contributed by atoms with Gasteiger partial charge in [-0.15, -0.1) is 0 Å². The molecule has 4 heterocycles. The van der Waals surface area contributed by atoms with Gasteiger partial charge in [0, 0.05) is 43.6 Å². The molecule has 1 saturated carbocycles. The van der Waals surface area contributed by atoms with Gasteiger partial charge < -0.3 is 30.2 Å². The molecule has 0 radical (unpaired) electrons. The van der Waals surface area contributed by atoms with E-state index < -0.39 is 0 Å². The summed E-state index contributed by atoms with van der Waals surface area (Å²) in [7, 11) is 0. The van der Waals surface area contributed by atoms with Gasteiger partial charge in [-0.1, -0.05) is 18.7 Å². The quantitative estimate of drug-likeness (QED) is 0.413. The number of carbonyl (C=O) groups excluding carboxylic acids is 2. The van der Waals surface area contributed by atoms with Gasteiger partial charge in [-0.25, -0.2) is 14.8 Å². The zero-order chi connectivity index (χ0) is 27.5. The zero-order valence-corrected chi connectivity index (χ0v) is 22.8. The van der Waals surface area contributed by atoms with E-state index in [1.807, 2.05) is 29.2 Å². The van der Waals surface area contributed by atoms with Gasteiger partial charge in [0.05, 0.1) is 18.6 Å². The maximum atomic E-state index is 13.0. The Balaban J connectivity index is 1.04. The number of anilines is 2. The number of piperidine rings is 1. The van der Waals surface area contributed by atoms with Crippen LogP contribution >= 0.6 is 0 Å². The number of rotatable bonds is 5. The molecular weight excluding hydrogens is 506 g/mol. The van der Waals surface area contributed by atoms with Gasteiger partial charge in [-0.3, -0.25) is 4.79 Å². The third-order valence-electron chi connectivity index (χ3n) is 8.85. The van der Waals surface area contributed by atoms with Gasteiger partial charge in [-0.2, -0.15) is 0 Å². The molecule has 1 aliphatic carbocycles. The lowest BCUT2D eigenvalue weighted by Crippen LogP contribution is -2.48. The van der Waals surface area contributed by atoms with E-state index in [1.165, 1.54) is 6.08 Å². The van der Waals surface area contributed by atoms with Crippen molar-refractivity contribution in [3.63, 3.8) is 0 Å². The van der Waals surface area contributed by atoms with Crippen LogP contribution in [0, 0.1) is 5.41 Å². The average Bonchev–Trinajstić information content (AvgIpc) is 3.44. The van der Waals surface area contributed by atoms with E-state index in [0.29, 0.717) is 18.6 Å². The second kappa shape index (κ2) is 11.3. The molecule has 6 rings (SSSR count). The number of benzene rings is 1. The number of amides is 3. The highest BCUT2D eigenvalue weighted by Gasteiger charge is 2.39. The lowest BCUT2D eigenvalue weighted by atomic mass is 9.67. The summed E-state index contributed by atoms with van der Waals surface area (Å²) in [5.74, 6) is 0.838. The van der Waals surface area contributed by atoms with E-state index in [-0.39, 0.29) is 18.0 Å². The van der Waals surface area contributed by atoms with Crippen LogP contribution in [0.4, 0.5) is 16.3 Å². The van der Waals surface area contributed by atoms with Crippen molar-refractivity contribution in [2.75, 3.05) is 49.6 Å². The molecule has 40 heavy (non-hydrogen) atoms. The molecule has 2 aromatic heterocycles. The predicted octanol–water partition coefficient (Wildman–Crippen LogP) is 4.32. The number of hydrogen-bond donors (Lipinski definition) is 3. The molecule has 210 valence electrons. The number of morpholine rings is 1. The van der Waals surface area contributed by atoms with Crippen molar-refractivity contribution in [3.8, 4) is 11.3 Å². The first-order valence-electron chi connectivity index (χ1n) is 14.3. The zero-order valence-electron chi connectivity index (χ0n) is 22.8. The summed E-state index contributed by atoms with van der Waals surface area (Å²) in [6.45, 7) is 8.09. The van der Waals surface area contributed by atoms with Crippen molar-refractivity contribution in [2.24, 2.45) is 5.41 Å². The number of aromatic amines is 1. The number of hydrogen-bond acceptors (Lipinski definition) is 6. The number of likely N-dealkylation sites (tertiary alicyclic amines) is 1. The Labute approximate surface area is 234 Å². The predicted molar refractivity (Wildman–Crippen MR) is 155 cm³/mol. The summed E-state index contributed by atoms with van der Waals surface area (Å²) in [6.07, 6.45) is 9.15. The second-order valence-electron chi connectivity index (χ2n) is 11.2. The summed E-state index contributed by atoms with van der Waals surface area (Å²) in [5.41, 5.74) is 3.85. The van der Waals surface area contributed by atoms with Gasteiger partial charge in [0.2, 0.25) is 5.91 Å². The van der Waals surface area contributed by atoms with Crippen LogP contribution < -0.4 is 15.5 Å². The maximum Gasteiger partial charge on any atom is 0.321 e. The summed E-state index contributed by atoms with van der Waals surface area (Å²) >= 11 is 0. The summed E-state index contributed by atoms with van der Waals surface area (Å²) in [6, 6.07) is 10.2. The minimum atomic E-state index is -0.0889. The number of nitrogens with one attached hydrogen (secondary N) is 3. The second-order valence-corrected chi connectivity index (χ2v) is 11.2. The van der Waals surface area contributed by atoms with Gasteiger partial charge in [0.15, 0.2) is 0 Å². The Bertz CT molecular complexity index is 1360. The minimum absolute atomic E-state index is 0.0504.